The van der Waals surface area contributed by atoms with Crippen LogP contribution in [0, 0.1) is 0 Å². The highest BCUT2D eigenvalue weighted by atomic mass is 16.5. The largest absolute Gasteiger partial charge is 0.481 e. The minimum absolute atomic E-state index is 0.0161. The van der Waals surface area contributed by atoms with E-state index in [0.717, 1.165) is 13.2 Å². The molecule has 0 radical (unpaired) electrons. The molecule has 7 nitrogen and oxygen atoms in total. The van der Waals surface area contributed by atoms with Crippen LogP contribution in [0.4, 0.5) is 0 Å². The molecule has 0 fully saturated rings. The zero-order valence-electron chi connectivity index (χ0n) is 16.2. The van der Waals surface area contributed by atoms with E-state index in [9.17, 15) is 9.59 Å². The quantitative estimate of drug-likeness (QED) is 0.604. The lowest BCUT2D eigenvalue weighted by molar-refractivity contribution is -0.144. The van der Waals surface area contributed by atoms with Crippen LogP contribution in [-0.4, -0.2) is 60.3 Å². The number of nitrogens with two attached hydrogens (primary N) is 1. The number of nitrogens with zero attached hydrogens (tertiary/aromatic N) is 1. The second-order valence-electron chi connectivity index (χ2n) is 6.42. The molecule has 2 rings (SSSR count). The van der Waals surface area contributed by atoms with Crippen molar-refractivity contribution < 1.29 is 24.5 Å². The lowest BCUT2D eigenvalue weighted by atomic mass is 10.0. The molecule has 1 atom stereocenters. The molecule has 28 heavy (non-hydrogen) atoms. The first-order valence-electron chi connectivity index (χ1n) is 8.87. The number of hydrogen-bond donors (Lipinski definition) is 3. The van der Waals surface area contributed by atoms with Crippen LogP contribution in [-0.2, 0) is 14.3 Å². The third kappa shape index (κ3) is 9.27. The summed E-state index contributed by atoms with van der Waals surface area (Å²) in [5.74, 6) is -2.50. The minimum Gasteiger partial charge on any atom is -0.481 e. The van der Waals surface area contributed by atoms with Gasteiger partial charge in [0.15, 0.2) is 0 Å². The van der Waals surface area contributed by atoms with Crippen LogP contribution in [0.3, 0.4) is 0 Å². The molecule has 0 aromatic heterocycles. The molecule has 0 heterocycles. The monoisotopic (exact) mass is 388 g/mol. The van der Waals surface area contributed by atoms with E-state index >= 15 is 0 Å². The van der Waals surface area contributed by atoms with Gasteiger partial charge in [-0.2, -0.15) is 0 Å². The third-order valence-corrected chi connectivity index (χ3v) is 3.74. The number of carbonyl (C=O) groups is 2. The summed E-state index contributed by atoms with van der Waals surface area (Å²) in [6, 6.07) is 19.5. The van der Waals surface area contributed by atoms with Crippen molar-refractivity contribution >= 4 is 11.9 Å². The number of likely N-dealkylation sites (N-methyl/N-ethyl adjacent to an activating group) is 1. The van der Waals surface area contributed by atoms with E-state index in [4.69, 9.17) is 20.7 Å². The molecule has 0 saturated heterocycles. The molecule has 152 valence electrons. The Labute approximate surface area is 165 Å². The molecule has 0 amide bonds. The molecule has 0 aliphatic heterocycles. The van der Waals surface area contributed by atoms with Gasteiger partial charge in [0.2, 0.25) is 0 Å². The number of carboxylic acids is 2. The van der Waals surface area contributed by atoms with E-state index in [1.165, 1.54) is 11.1 Å². The predicted octanol–water partition coefficient (Wildman–Crippen LogP) is 2.23. The first kappa shape index (κ1) is 23.3. The first-order chi connectivity index (χ1) is 13.3. The summed E-state index contributed by atoms with van der Waals surface area (Å²) in [6.45, 7) is 1.65. The van der Waals surface area contributed by atoms with Crippen LogP contribution >= 0.6 is 0 Å². The molecular formula is C21H28N2O5. The standard InChI is InChI=1S/C17H21NO.C4H7NO4/c1-18(2)13-14-19-17(15-9-5-3-6-10-15)16-11-7-4-8-12-16;5-2(4(8)9)1-3(6)7/h3-12,17H,13-14H2,1-2H3;2H,1,5H2,(H,6,7)(H,8,9)/t;2-/m.0/s1. The van der Waals surface area contributed by atoms with Crippen molar-refractivity contribution in [2.75, 3.05) is 27.2 Å². The van der Waals surface area contributed by atoms with Crippen molar-refractivity contribution in [2.24, 2.45) is 5.73 Å². The van der Waals surface area contributed by atoms with Gasteiger partial charge in [-0.15, -0.1) is 0 Å². The van der Waals surface area contributed by atoms with Gasteiger partial charge in [-0.1, -0.05) is 60.7 Å². The fourth-order valence-electron chi connectivity index (χ4n) is 2.27. The summed E-state index contributed by atoms with van der Waals surface area (Å²) in [5.41, 5.74) is 7.24. The van der Waals surface area contributed by atoms with Gasteiger partial charge in [0, 0.05) is 6.54 Å². The highest BCUT2D eigenvalue weighted by Gasteiger charge is 2.15. The number of hydrogen-bond acceptors (Lipinski definition) is 5. The van der Waals surface area contributed by atoms with Gasteiger partial charge in [0.25, 0.3) is 0 Å². The van der Waals surface area contributed by atoms with E-state index in [1.807, 2.05) is 12.1 Å². The summed E-state index contributed by atoms with van der Waals surface area (Å²) in [6.07, 6.45) is -0.516. The highest BCUT2D eigenvalue weighted by molar-refractivity contribution is 5.80. The molecule has 0 saturated carbocycles. The maximum absolute atomic E-state index is 9.85. The minimum atomic E-state index is -1.29. The zero-order valence-corrected chi connectivity index (χ0v) is 16.2. The van der Waals surface area contributed by atoms with Crippen LogP contribution in [0.2, 0.25) is 0 Å². The predicted molar refractivity (Wildman–Crippen MR) is 107 cm³/mol. The average molecular weight is 388 g/mol. The van der Waals surface area contributed by atoms with Gasteiger partial charge in [-0.3, -0.25) is 9.59 Å². The lowest BCUT2D eigenvalue weighted by Crippen LogP contribution is -2.32. The van der Waals surface area contributed by atoms with Crippen molar-refractivity contribution in [3.63, 3.8) is 0 Å². The molecule has 0 spiro atoms. The number of ether oxygens (including phenoxy) is 1. The van der Waals surface area contributed by atoms with Crippen molar-refractivity contribution in [3.8, 4) is 0 Å². The van der Waals surface area contributed by atoms with Crippen molar-refractivity contribution in [2.45, 2.75) is 18.6 Å². The SMILES string of the molecule is CN(C)CCOC(c1ccccc1)c1ccccc1.N[C@@H](CC(=O)O)C(=O)O. The molecular weight excluding hydrogens is 360 g/mol. The van der Waals surface area contributed by atoms with Gasteiger partial charge in [0.1, 0.15) is 12.1 Å². The second kappa shape index (κ2) is 12.6. The molecule has 4 N–H and O–H groups in total. The van der Waals surface area contributed by atoms with E-state index < -0.39 is 24.4 Å². The van der Waals surface area contributed by atoms with Gasteiger partial charge in [-0.05, 0) is 25.2 Å². The molecule has 0 unspecified atom stereocenters. The third-order valence-electron chi connectivity index (χ3n) is 3.74. The summed E-state index contributed by atoms with van der Waals surface area (Å²) in [7, 11) is 4.12. The van der Waals surface area contributed by atoms with Crippen LogP contribution < -0.4 is 5.73 Å². The van der Waals surface area contributed by atoms with Crippen molar-refractivity contribution in [1.82, 2.24) is 4.90 Å². The van der Waals surface area contributed by atoms with Crippen molar-refractivity contribution in [3.05, 3.63) is 71.8 Å². The van der Waals surface area contributed by atoms with E-state index in [0.29, 0.717) is 0 Å². The van der Waals surface area contributed by atoms with Crippen LogP contribution in [0.15, 0.2) is 60.7 Å². The molecule has 7 heteroatoms. The zero-order chi connectivity index (χ0) is 20.9. The number of benzene rings is 2. The summed E-state index contributed by atoms with van der Waals surface area (Å²) in [4.78, 5) is 21.7. The van der Waals surface area contributed by atoms with E-state index in [1.54, 1.807) is 0 Å². The second-order valence-corrected chi connectivity index (χ2v) is 6.42. The van der Waals surface area contributed by atoms with Crippen LogP contribution in [0.5, 0.6) is 0 Å². The Morgan fingerprint density at radius 1 is 0.964 bits per heavy atom. The van der Waals surface area contributed by atoms with Gasteiger partial charge < -0.3 is 25.6 Å². The molecule has 0 aliphatic carbocycles. The fraction of sp³-hybridized carbons (Fsp3) is 0.333. The molecule has 2 aromatic rings. The number of carboxylic acid groups (broad SMARTS) is 2. The van der Waals surface area contributed by atoms with Gasteiger partial charge in [0.05, 0.1) is 13.0 Å². The molecule has 0 aliphatic rings. The maximum Gasteiger partial charge on any atom is 0.321 e. The van der Waals surface area contributed by atoms with E-state index in [-0.39, 0.29) is 6.10 Å². The van der Waals surface area contributed by atoms with Crippen LogP contribution in [0.25, 0.3) is 0 Å². The summed E-state index contributed by atoms with van der Waals surface area (Å²) < 4.78 is 6.08. The Hall–Kier alpha value is -2.74. The molecule has 2 aromatic carbocycles. The van der Waals surface area contributed by atoms with Gasteiger partial charge >= 0.3 is 11.9 Å². The maximum atomic E-state index is 9.85. The topological polar surface area (TPSA) is 113 Å². The summed E-state index contributed by atoms with van der Waals surface area (Å²) in [5, 5.41) is 16.0. The fourth-order valence-corrected chi connectivity index (χ4v) is 2.27. The molecule has 0 bridgehead atoms. The lowest BCUT2D eigenvalue weighted by Gasteiger charge is -2.20. The Bertz CT molecular complexity index is 668. The Morgan fingerprint density at radius 2 is 1.43 bits per heavy atom. The number of rotatable bonds is 9. The van der Waals surface area contributed by atoms with Crippen LogP contribution in [0.1, 0.15) is 23.7 Å². The first-order valence-corrected chi connectivity index (χ1v) is 8.87. The smallest absolute Gasteiger partial charge is 0.321 e. The normalized spacial score (nSPS) is 11.6. The van der Waals surface area contributed by atoms with Gasteiger partial charge in [-0.25, -0.2) is 0 Å². The Balaban J connectivity index is 0.000000370. The van der Waals surface area contributed by atoms with E-state index in [2.05, 4.69) is 67.5 Å². The van der Waals surface area contributed by atoms with Crippen molar-refractivity contribution in [1.29, 1.82) is 0 Å². The number of aliphatic carboxylic acids is 2. The Morgan fingerprint density at radius 3 is 1.75 bits per heavy atom. The summed E-state index contributed by atoms with van der Waals surface area (Å²) >= 11 is 0. The Kier molecular flexibility index (Phi) is 10.5. The average Bonchev–Trinajstić information content (AvgIpc) is 2.66. The highest BCUT2D eigenvalue weighted by Crippen LogP contribution is 2.25.